The molecule has 0 atom stereocenters. The first-order valence-corrected chi connectivity index (χ1v) is 3.67. The van der Waals surface area contributed by atoms with Crippen LogP contribution >= 0.6 is 0 Å². The van der Waals surface area contributed by atoms with Crippen LogP contribution in [0.15, 0.2) is 24.3 Å². The SMILES string of the molecule is O=C(O)c1ccccc1C(=O)[O][Cu]. The van der Waals surface area contributed by atoms with Crippen LogP contribution in [0.3, 0.4) is 0 Å². The summed E-state index contributed by atoms with van der Waals surface area (Å²) in [5.74, 6) is -2.02. The second-order valence-electron chi connectivity index (χ2n) is 2.20. The average Bonchev–Trinajstić information content (AvgIpc) is 2.16. The number of carboxylic acids is 1. The molecule has 0 radical (unpaired) electrons. The molecule has 1 aromatic carbocycles. The van der Waals surface area contributed by atoms with E-state index in [1.807, 2.05) is 0 Å². The number of carboxylic acid groups (broad SMARTS) is 1. The molecule has 0 unspecified atom stereocenters. The first kappa shape index (κ1) is 9.77. The van der Waals surface area contributed by atoms with Gasteiger partial charge in [-0.15, -0.1) is 0 Å². The van der Waals surface area contributed by atoms with Crippen LogP contribution in [0.5, 0.6) is 0 Å². The molecule has 0 fully saturated rings. The molecular weight excluding hydrogens is 224 g/mol. The van der Waals surface area contributed by atoms with E-state index in [1.165, 1.54) is 24.3 Å². The fourth-order valence-electron chi connectivity index (χ4n) is 0.881. The van der Waals surface area contributed by atoms with Gasteiger partial charge in [0.1, 0.15) is 0 Å². The Morgan fingerprint density at radius 3 is 2.23 bits per heavy atom. The molecule has 13 heavy (non-hydrogen) atoms. The number of benzene rings is 1. The molecule has 1 aromatic rings. The van der Waals surface area contributed by atoms with Gasteiger partial charge in [0.25, 0.3) is 0 Å². The number of hydrogen-bond acceptors (Lipinski definition) is 3. The predicted molar refractivity (Wildman–Crippen MR) is 38.8 cm³/mol. The molecule has 0 aromatic heterocycles. The predicted octanol–water partition coefficient (Wildman–Crippen LogP) is 1.00. The van der Waals surface area contributed by atoms with Crippen molar-refractivity contribution in [3.63, 3.8) is 0 Å². The fourth-order valence-corrected chi connectivity index (χ4v) is 0.984. The van der Waals surface area contributed by atoms with E-state index in [2.05, 4.69) is 20.2 Å². The number of carbonyl (C=O) groups excluding carboxylic acids is 1. The van der Waals surface area contributed by atoms with E-state index in [-0.39, 0.29) is 11.1 Å². The Kier molecular flexibility index (Phi) is 3.06. The summed E-state index contributed by atoms with van der Waals surface area (Å²) in [7, 11) is 0. The summed E-state index contributed by atoms with van der Waals surface area (Å²) in [5.41, 5.74) is -0.159. The van der Waals surface area contributed by atoms with E-state index < -0.39 is 11.9 Å². The Balaban J connectivity index is 3.19. The molecule has 4 nitrogen and oxygen atoms in total. The van der Waals surface area contributed by atoms with E-state index in [0.29, 0.717) is 0 Å². The van der Waals surface area contributed by atoms with Gasteiger partial charge in [-0.05, 0) is 0 Å². The normalized spacial score (nSPS) is 9.38. The quantitative estimate of drug-likeness (QED) is 0.768. The van der Waals surface area contributed by atoms with Crippen molar-refractivity contribution in [2.24, 2.45) is 0 Å². The van der Waals surface area contributed by atoms with Crippen molar-refractivity contribution in [3.05, 3.63) is 35.4 Å². The van der Waals surface area contributed by atoms with Crippen LogP contribution in [0, 0.1) is 0 Å². The van der Waals surface area contributed by atoms with Crippen LogP contribution in [-0.2, 0) is 20.2 Å². The molecule has 0 aliphatic carbocycles. The number of hydrogen-bond donors (Lipinski definition) is 1. The summed E-state index contributed by atoms with van der Waals surface area (Å²) < 4.78 is 3.99. The van der Waals surface area contributed by atoms with Crippen LogP contribution in [0.25, 0.3) is 0 Å². The number of aromatic carboxylic acids is 1. The zero-order valence-corrected chi connectivity index (χ0v) is 7.22. The van der Waals surface area contributed by atoms with Gasteiger partial charge in [0.2, 0.25) is 0 Å². The minimum atomic E-state index is -1.19. The van der Waals surface area contributed by atoms with Crippen LogP contribution < -0.4 is 0 Å². The Bertz CT molecular complexity index is 348. The van der Waals surface area contributed by atoms with E-state index >= 15 is 0 Å². The van der Waals surface area contributed by atoms with Crippen molar-refractivity contribution in [1.82, 2.24) is 0 Å². The van der Waals surface area contributed by atoms with Gasteiger partial charge < -0.3 is 0 Å². The van der Waals surface area contributed by atoms with Crippen molar-refractivity contribution < 1.29 is 34.9 Å². The monoisotopic (exact) mass is 228 g/mol. The molecule has 1 rings (SSSR count). The molecular formula is C8H5CuO4. The van der Waals surface area contributed by atoms with E-state index in [4.69, 9.17) is 5.11 Å². The van der Waals surface area contributed by atoms with Gasteiger partial charge >= 0.3 is 82.2 Å². The first-order valence-electron chi connectivity index (χ1n) is 3.29. The molecule has 0 saturated heterocycles. The zero-order valence-electron chi connectivity index (χ0n) is 6.28. The third-order valence-electron chi connectivity index (χ3n) is 1.43. The molecule has 0 aliphatic heterocycles. The van der Waals surface area contributed by atoms with Gasteiger partial charge in [0.05, 0.1) is 0 Å². The zero-order chi connectivity index (χ0) is 9.84. The summed E-state index contributed by atoms with van der Waals surface area (Å²) >= 11 is 4.20. The van der Waals surface area contributed by atoms with Crippen molar-refractivity contribution in [1.29, 1.82) is 0 Å². The van der Waals surface area contributed by atoms with Crippen LogP contribution in [0.1, 0.15) is 20.7 Å². The van der Waals surface area contributed by atoms with Crippen molar-refractivity contribution in [2.45, 2.75) is 0 Å². The third kappa shape index (κ3) is 2.08. The number of carbonyl (C=O) groups is 2. The summed E-state index contributed by atoms with van der Waals surface area (Å²) in [6.07, 6.45) is 0. The maximum atomic E-state index is 10.9. The number of rotatable bonds is 2. The standard InChI is InChI=1S/C8H6O4.Cu/c9-7(10)5-3-1-2-4-6(5)8(11)12;/h1-4H,(H,9,10)(H,11,12);/q;+1/p-1. The molecule has 1 N–H and O–H groups in total. The van der Waals surface area contributed by atoms with E-state index in [9.17, 15) is 9.59 Å². The van der Waals surface area contributed by atoms with Gasteiger partial charge in [-0.2, -0.15) is 0 Å². The molecule has 72 valence electrons. The molecule has 0 spiro atoms. The van der Waals surface area contributed by atoms with Crippen molar-refractivity contribution in [2.75, 3.05) is 0 Å². The third-order valence-corrected chi connectivity index (χ3v) is 1.61. The van der Waals surface area contributed by atoms with E-state index in [0.717, 1.165) is 0 Å². The van der Waals surface area contributed by atoms with Crippen LogP contribution in [0.4, 0.5) is 0 Å². The van der Waals surface area contributed by atoms with Crippen molar-refractivity contribution in [3.8, 4) is 0 Å². The van der Waals surface area contributed by atoms with Crippen LogP contribution in [0.2, 0.25) is 0 Å². The van der Waals surface area contributed by atoms with Crippen molar-refractivity contribution >= 4 is 11.9 Å². The van der Waals surface area contributed by atoms with Gasteiger partial charge in [-0.3, -0.25) is 0 Å². The van der Waals surface area contributed by atoms with Gasteiger partial charge in [0, 0.05) is 0 Å². The summed E-state index contributed by atoms with van der Waals surface area (Å²) in [5, 5.41) is 8.67. The summed E-state index contributed by atoms with van der Waals surface area (Å²) in [6, 6.07) is 5.70. The maximum absolute atomic E-state index is 10.9. The Labute approximate surface area is 82.7 Å². The first-order chi connectivity index (χ1) is 6.16. The molecule has 0 heterocycles. The minimum absolute atomic E-state index is 0.0422. The van der Waals surface area contributed by atoms with Gasteiger partial charge in [-0.25, -0.2) is 0 Å². The average molecular weight is 229 g/mol. The second-order valence-corrected chi connectivity index (χ2v) is 2.39. The summed E-state index contributed by atoms with van der Waals surface area (Å²) in [4.78, 5) is 21.5. The topological polar surface area (TPSA) is 63.6 Å². The Morgan fingerprint density at radius 2 is 1.77 bits per heavy atom. The molecule has 0 amide bonds. The van der Waals surface area contributed by atoms with Gasteiger partial charge in [-0.1, -0.05) is 0 Å². The van der Waals surface area contributed by atoms with E-state index in [1.54, 1.807) is 0 Å². The molecule has 5 heteroatoms. The molecule has 0 bridgehead atoms. The van der Waals surface area contributed by atoms with Gasteiger partial charge in [0.15, 0.2) is 0 Å². The molecule has 0 saturated carbocycles. The van der Waals surface area contributed by atoms with Crippen LogP contribution in [-0.4, -0.2) is 17.0 Å². The molecule has 0 aliphatic rings. The Morgan fingerprint density at radius 1 is 1.23 bits per heavy atom. The summed E-state index contributed by atoms with van der Waals surface area (Å²) in [6.45, 7) is 0. The second kappa shape index (κ2) is 4.07. The fraction of sp³-hybridized carbons (Fsp3) is 0. The Hall–Kier alpha value is -1.32.